The Morgan fingerprint density at radius 3 is 2.68 bits per heavy atom. The summed E-state index contributed by atoms with van der Waals surface area (Å²) in [5.74, 6) is 1.61. The highest BCUT2D eigenvalue weighted by Gasteiger charge is 2.02. The third kappa shape index (κ3) is 6.45. The number of nitrogens with one attached hydrogen (secondary N) is 1. The molecule has 4 nitrogen and oxygen atoms in total. The molecule has 4 heteroatoms. The number of aromatic hydroxyl groups is 1. The summed E-state index contributed by atoms with van der Waals surface area (Å²) in [5.41, 5.74) is 0.864. The van der Waals surface area contributed by atoms with Crippen LogP contribution in [0.15, 0.2) is 18.2 Å². The van der Waals surface area contributed by atoms with E-state index in [-0.39, 0.29) is 5.75 Å². The lowest BCUT2D eigenvalue weighted by Crippen LogP contribution is -2.19. The number of hydrogen-bond acceptors (Lipinski definition) is 4. The lowest BCUT2D eigenvalue weighted by Gasteiger charge is -2.09. The molecule has 1 rings (SSSR count). The van der Waals surface area contributed by atoms with Crippen molar-refractivity contribution in [3.63, 3.8) is 0 Å². The molecule has 0 atom stereocenters. The summed E-state index contributed by atoms with van der Waals surface area (Å²) in [5, 5.41) is 13.0. The Bertz CT molecular complexity index is 366. The molecule has 0 unspecified atom stereocenters. The lowest BCUT2D eigenvalue weighted by atomic mass is 10.1. The molecule has 0 aromatic heterocycles. The van der Waals surface area contributed by atoms with Crippen molar-refractivity contribution in [2.24, 2.45) is 5.92 Å². The first-order chi connectivity index (χ1) is 9.13. The van der Waals surface area contributed by atoms with Gasteiger partial charge in [-0.25, -0.2) is 0 Å². The fourth-order valence-electron chi connectivity index (χ4n) is 1.61. The number of benzene rings is 1. The van der Waals surface area contributed by atoms with E-state index in [9.17, 15) is 5.11 Å². The van der Waals surface area contributed by atoms with Crippen LogP contribution in [0.5, 0.6) is 11.5 Å². The van der Waals surface area contributed by atoms with Gasteiger partial charge in [0.25, 0.3) is 0 Å². The van der Waals surface area contributed by atoms with E-state index in [0.29, 0.717) is 24.8 Å². The van der Waals surface area contributed by atoms with Crippen molar-refractivity contribution in [1.29, 1.82) is 0 Å². The van der Waals surface area contributed by atoms with Gasteiger partial charge < -0.3 is 19.9 Å². The van der Waals surface area contributed by atoms with Crippen LogP contribution >= 0.6 is 0 Å². The third-order valence-corrected chi connectivity index (χ3v) is 2.87. The Hall–Kier alpha value is -1.26. The van der Waals surface area contributed by atoms with Crippen molar-refractivity contribution in [3.05, 3.63) is 23.8 Å². The quantitative estimate of drug-likeness (QED) is 0.675. The maximum Gasteiger partial charge on any atom is 0.123 e. The standard InChI is InChI=1S/C15H25NO3/c1-12(2)6-8-19-9-7-16-11-13-4-5-14(18-3)10-15(13)17/h4-5,10,12,16-17H,6-9,11H2,1-3H3. The summed E-state index contributed by atoms with van der Waals surface area (Å²) in [6.45, 7) is 7.30. The Balaban J connectivity index is 2.15. The van der Waals surface area contributed by atoms with Crippen molar-refractivity contribution < 1.29 is 14.6 Å². The topological polar surface area (TPSA) is 50.7 Å². The third-order valence-electron chi connectivity index (χ3n) is 2.87. The number of phenols is 1. The van der Waals surface area contributed by atoms with Gasteiger partial charge in [-0.1, -0.05) is 19.9 Å². The first kappa shape index (κ1) is 15.8. The molecular formula is C15H25NO3. The second-order valence-corrected chi connectivity index (χ2v) is 4.97. The minimum absolute atomic E-state index is 0.257. The zero-order valence-corrected chi connectivity index (χ0v) is 12.1. The maximum atomic E-state index is 9.77. The summed E-state index contributed by atoms with van der Waals surface area (Å²) in [7, 11) is 1.58. The molecule has 0 saturated carbocycles. The lowest BCUT2D eigenvalue weighted by molar-refractivity contribution is 0.125. The summed E-state index contributed by atoms with van der Waals surface area (Å²) in [4.78, 5) is 0. The Morgan fingerprint density at radius 2 is 2.05 bits per heavy atom. The Labute approximate surface area is 115 Å². The number of phenolic OH excluding ortho intramolecular Hbond substituents is 1. The maximum absolute atomic E-state index is 9.77. The average Bonchev–Trinajstić information content (AvgIpc) is 2.38. The molecule has 0 radical (unpaired) electrons. The molecule has 2 N–H and O–H groups in total. The first-order valence-electron chi connectivity index (χ1n) is 6.77. The van der Waals surface area contributed by atoms with Crippen molar-refractivity contribution >= 4 is 0 Å². The fraction of sp³-hybridized carbons (Fsp3) is 0.600. The van der Waals surface area contributed by atoms with E-state index in [1.165, 1.54) is 0 Å². The molecule has 0 aliphatic rings. The Morgan fingerprint density at radius 1 is 1.26 bits per heavy atom. The summed E-state index contributed by atoms with van der Waals surface area (Å²) >= 11 is 0. The van der Waals surface area contributed by atoms with E-state index in [1.807, 2.05) is 12.1 Å². The minimum atomic E-state index is 0.257. The van der Waals surface area contributed by atoms with Crippen LogP contribution in [-0.2, 0) is 11.3 Å². The van der Waals surface area contributed by atoms with Crippen LogP contribution in [0.2, 0.25) is 0 Å². The van der Waals surface area contributed by atoms with Gasteiger partial charge in [0.15, 0.2) is 0 Å². The van der Waals surface area contributed by atoms with Gasteiger partial charge in [-0.15, -0.1) is 0 Å². The number of ether oxygens (including phenoxy) is 2. The van der Waals surface area contributed by atoms with Crippen molar-refractivity contribution in [1.82, 2.24) is 5.32 Å². The van der Waals surface area contributed by atoms with Gasteiger partial charge in [0, 0.05) is 31.3 Å². The van der Waals surface area contributed by atoms with E-state index in [2.05, 4.69) is 19.2 Å². The molecule has 108 valence electrons. The van der Waals surface area contributed by atoms with E-state index >= 15 is 0 Å². The van der Waals surface area contributed by atoms with Crippen molar-refractivity contribution in [2.45, 2.75) is 26.8 Å². The molecule has 1 aromatic carbocycles. The van der Waals surface area contributed by atoms with Gasteiger partial charge in [-0.3, -0.25) is 0 Å². The van der Waals surface area contributed by atoms with E-state index in [4.69, 9.17) is 9.47 Å². The molecule has 0 heterocycles. The monoisotopic (exact) mass is 267 g/mol. The molecule has 0 aliphatic heterocycles. The van der Waals surface area contributed by atoms with Crippen LogP contribution < -0.4 is 10.1 Å². The highest BCUT2D eigenvalue weighted by Crippen LogP contribution is 2.22. The molecular weight excluding hydrogens is 242 g/mol. The number of hydrogen-bond donors (Lipinski definition) is 2. The molecule has 0 spiro atoms. The minimum Gasteiger partial charge on any atom is -0.507 e. The highest BCUT2D eigenvalue weighted by molar-refractivity contribution is 5.39. The largest absolute Gasteiger partial charge is 0.507 e. The van der Waals surface area contributed by atoms with Crippen LogP contribution in [0.4, 0.5) is 0 Å². The van der Waals surface area contributed by atoms with Gasteiger partial charge in [0.2, 0.25) is 0 Å². The molecule has 0 bridgehead atoms. The normalized spacial score (nSPS) is 10.9. The predicted octanol–water partition coefficient (Wildman–Crippen LogP) is 2.55. The van der Waals surface area contributed by atoms with Crippen LogP contribution in [-0.4, -0.2) is 32.0 Å². The van der Waals surface area contributed by atoms with Crippen LogP contribution in [0.25, 0.3) is 0 Å². The predicted molar refractivity (Wildman–Crippen MR) is 76.6 cm³/mol. The second kappa shape index (κ2) is 8.77. The van der Waals surface area contributed by atoms with Gasteiger partial charge in [0.05, 0.1) is 13.7 Å². The fourth-order valence-corrected chi connectivity index (χ4v) is 1.61. The molecule has 0 saturated heterocycles. The van der Waals surface area contributed by atoms with Gasteiger partial charge >= 0.3 is 0 Å². The zero-order chi connectivity index (χ0) is 14.1. The molecule has 0 amide bonds. The number of methoxy groups -OCH3 is 1. The van der Waals surface area contributed by atoms with Crippen LogP contribution in [0.1, 0.15) is 25.8 Å². The summed E-state index contributed by atoms with van der Waals surface area (Å²) < 4.78 is 10.5. The zero-order valence-electron chi connectivity index (χ0n) is 12.1. The SMILES string of the molecule is COc1ccc(CNCCOCCC(C)C)c(O)c1. The van der Waals surface area contributed by atoms with E-state index < -0.39 is 0 Å². The molecule has 0 fully saturated rings. The molecule has 0 aliphatic carbocycles. The Kier molecular flexibility index (Phi) is 7.30. The molecule has 19 heavy (non-hydrogen) atoms. The first-order valence-corrected chi connectivity index (χ1v) is 6.77. The van der Waals surface area contributed by atoms with E-state index in [1.54, 1.807) is 13.2 Å². The summed E-state index contributed by atoms with van der Waals surface area (Å²) in [6, 6.07) is 5.33. The van der Waals surface area contributed by atoms with Gasteiger partial charge in [-0.2, -0.15) is 0 Å². The second-order valence-electron chi connectivity index (χ2n) is 4.97. The summed E-state index contributed by atoms with van der Waals surface area (Å²) in [6.07, 6.45) is 1.10. The van der Waals surface area contributed by atoms with Gasteiger partial charge in [-0.05, 0) is 18.4 Å². The molecule has 1 aromatic rings. The van der Waals surface area contributed by atoms with E-state index in [0.717, 1.165) is 25.1 Å². The highest BCUT2D eigenvalue weighted by atomic mass is 16.5. The van der Waals surface area contributed by atoms with Crippen molar-refractivity contribution in [3.8, 4) is 11.5 Å². The van der Waals surface area contributed by atoms with Crippen molar-refractivity contribution in [2.75, 3.05) is 26.9 Å². The smallest absolute Gasteiger partial charge is 0.123 e. The van der Waals surface area contributed by atoms with Crippen LogP contribution in [0, 0.1) is 5.92 Å². The average molecular weight is 267 g/mol. The number of rotatable bonds is 9. The van der Waals surface area contributed by atoms with Crippen LogP contribution in [0.3, 0.4) is 0 Å². The van der Waals surface area contributed by atoms with Gasteiger partial charge in [0.1, 0.15) is 11.5 Å².